The van der Waals surface area contributed by atoms with Gasteiger partial charge in [0.05, 0.1) is 29.5 Å². The molecule has 0 radical (unpaired) electrons. The Balaban J connectivity index is 1.16. The van der Waals surface area contributed by atoms with Crippen molar-refractivity contribution < 1.29 is 28.3 Å². The predicted molar refractivity (Wildman–Crippen MR) is 130 cm³/mol. The molecule has 0 bridgehead atoms. The molecule has 9 nitrogen and oxygen atoms in total. The summed E-state index contributed by atoms with van der Waals surface area (Å²) in [5.74, 6) is -1.55. The van der Waals surface area contributed by atoms with Crippen molar-refractivity contribution in [2.45, 2.75) is 6.54 Å². The maximum Gasteiger partial charge on any atom is 0.338 e. The molecule has 5 rings (SSSR count). The van der Waals surface area contributed by atoms with Crippen LogP contribution in [0.2, 0.25) is 5.02 Å². The second-order valence-corrected chi connectivity index (χ2v) is 8.90. The highest BCUT2D eigenvalue weighted by Gasteiger charge is 2.36. The molecule has 1 fully saturated rings. The van der Waals surface area contributed by atoms with E-state index >= 15 is 0 Å². The zero-order chi connectivity index (χ0) is 25.2. The van der Waals surface area contributed by atoms with Gasteiger partial charge < -0.3 is 19.0 Å². The summed E-state index contributed by atoms with van der Waals surface area (Å²) >= 11 is 6.07. The molecule has 3 aromatic rings. The predicted octanol–water partition coefficient (Wildman–Crippen LogP) is 3.23. The number of anilines is 1. The van der Waals surface area contributed by atoms with Gasteiger partial charge in [-0.3, -0.25) is 19.3 Å². The zero-order valence-electron chi connectivity index (χ0n) is 19.2. The number of esters is 1. The Bertz CT molecular complexity index is 1330. The Hall–Kier alpha value is -4.11. The van der Waals surface area contributed by atoms with Crippen LogP contribution in [0, 0.1) is 0 Å². The normalized spacial score (nSPS) is 15.3. The van der Waals surface area contributed by atoms with Crippen molar-refractivity contribution in [1.82, 2.24) is 9.80 Å². The Kier molecular flexibility index (Phi) is 6.47. The summed E-state index contributed by atoms with van der Waals surface area (Å²) in [6.45, 7) is 1.83. The number of hydrogen-bond acceptors (Lipinski definition) is 7. The number of carbonyl (C=O) groups is 4. The minimum atomic E-state index is -0.742. The summed E-state index contributed by atoms with van der Waals surface area (Å²) in [5.41, 5.74) is 1.41. The Morgan fingerprint density at radius 2 is 1.69 bits per heavy atom. The van der Waals surface area contributed by atoms with Crippen molar-refractivity contribution in [1.29, 1.82) is 0 Å². The first kappa shape index (κ1) is 23.6. The molecule has 184 valence electrons. The molecule has 0 atom stereocenters. The standard InChI is InChI=1S/C26H22ClN3O6/c27-18-3-1-4-19(14-18)28-8-10-29(11-9-28)23(31)16-36-26(34)17-6-7-21-22(13-17)25(33)30(24(21)32)15-20-5-2-12-35-20/h1-7,12-14H,8-11,15-16H2. The van der Waals surface area contributed by atoms with Crippen LogP contribution in [0.1, 0.15) is 36.8 Å². The lowest BCUT2D eigenvalue weighted by Gasteiger charge is -2.36. The first-order valence-electron chi connectivity index (χ1n) is 11.4. The summed E-state index contributed by atoms with van der Waals surface area (Å²) in [6.07, 6.45) is 1.46. The fourth-order valence-electron chi connectivity index (χ4n) is 4.31. The number of ether oxygens (including phenoxy) is 1. The van der Waals surface area contributed by atoms with Crippen molar-refractivity contribution in [3.05, 3.63) is 88.3 Å². The highest BCUT2D eigenvalue weighted by Crippen LogP contribution is 2.26. The van der Waals surface area contributed by atoms with Crippen LogP contribution in [-0.2, 0) is 16.1 Å². The average molecular weight is 508 g/mol. The van der Waals surface area contributed by atoms with Crippen LogP contribution in [0.15, 0.2) is 65.3 Å². The first-order valence-corrected chi connectivity index (χ1v) is 11.8. The Labute approximate surface area is 211 Å². The van der Waals surface area contributed by atoms with E-state index in [1.165, 1.54) is 24.5 Å². The number of amides is 3. The number of rotatable bonds is 6. The molecule has 36 heavy (non-hydrogen) atoms. The lowest BCUT2D eigenvalue weighted by atomic mass is 10.1. The van der Waals surface area contributed by atoms with E-state index in [9.17, 15) is 19.2 Å². The van der Waals surface area contributed by atoms with E-state index in [0.717, 1.165) is 10.6 Å². The molecule has 0 saturated carbocycles. The smallest absolute Gasteiger partial charge is 0.338 e. The number of carbonyl (C=O) groups excluding carboxylic acids is 4. The maximum absolute atomic E-state index is 12.8. The molecule has 0 spiro atoms. The van der Waals surface area contributed by atoms with E-state index in [0.29, 0.717) is 37.0 Å². The van der Waals surface area contributed by atoms with E-state index < -0.39 is 24.4 Å². The van der Waals surface area contributed by atoms with Crippen molar-refractivity contribution in [3.63, 3.8) is 0 Å². The summed E-state index contributed by atoms with van der Waals surface area (Å²) in [7, 11) is 0. The molecule has 10 heteroatoms. The summed E-state index contributed by atoms with van der Waals surface area (Å²) in [5, 5.41) is 0.653. The Morgan fingerprint density at radius 3 is 2.42 bits per heavy atom. The Morgan fingerprint density at radius 1 is 0.917 bits per heavy atom. The van der Waals surface area contributed by atoms with Gasteiger partial charge >= 0.3 is 5.97 Å². The topological polar surface area (TPSA) is 100 Å². The fourth-order valence-corrected chi connectivity index (χ4v) is 4.49. The number of hydrogen-bond donors (Lipinski definition) is 0. The molecule has 1 saturated heterocycles. The SMILES string of the molecule is O=C(OCC(=O)N1CCN(c2cccc(Cl)c2)CC1)c1ccc2c(c1)C(=O)N(Cc1ccco1)C2=O. The lowest BCUT2D eigenvalue weighted by Crippen LogP contribution is -2.49. The second kappa shape index (κ2) is 9.87. The van der Waals surface area contributed by atoms with Gasteiger partial charge in [-0.25, -0.2) is 4.79 Å². The summed E-state index contributed by atoms with van der Waals surface area (Å²) in [6, 6.07) is 15.0. The van der Waals surface area contributed by atoms with Crippen molar-refractivity contribution in [2.24, 2.45) is 0 Å². The van der Waals surface area contributed by atoms with Crippen LogP contribution in [0.25, 0.3) is 0 Å². The van der Waals surface area contributed by atoms with Crippen LogP contribution < -0.4 is 4.90 Å². The number of piperazine rings is 1. The molecular weight excluding hydrogens is 486 g/mol. The van der Waals surface area contributed by atoms with Gasteiger partial charge in [0.15, 0.2) is 6.61 Å². The molecule has 2 aliphatic rings. The number of halogens is 1. The monoisotopic (exact) mass is 507 g/mol. The molecule has 3 amide bonds. The van der Waals surface area contributed by atoms with Gasteiger partial charge in [-0.1, -0.05) is 17.7 Å². The van der Waals surface area contributed by atoms with Crippen molar-refractivity contribution in [2.75, 3.05) is 37.7 Å². The van der Waals surface area contributed by atoms with Gasteiger partial charge in [0.2, 0.25) is 0 Å². The maximum atomic E-state index is 12.8. The molecule has 0 aliphatic carbocycles. The van der Waals surface area contributed by atoms with Gasteiger partial charge in [-0.05, 0) is 48.5 Å². The first-order chi connectivity index (χ1) is 17.4. The van der Waals surface area contributed by atoms with Gasteiger partial charge in [0, 0.05) is 36.9 Å². The van der Waals surface area contributed by atoms with Gasteiger partial charge in [0.25, 0.3) is 17.7 Å². The molecule has 2 aliphatic heterocycles. The molecule has 3 heterocycles. The van der Waals surface area contributed by atoms with E-state index in [2.05, 4.69) is 4.90 Å². The number of fused-ring (bicyclic) bond motifs is 1. The van der Waals surface area contributed by atoms with Gasteiger partial charge in [-0.15, -0.1) is 0 Å². The minimum Gasteiger partial charge on any atom is -0.467 e. The van der Waals surface area contributed by atoms with E-state index in [1.807, 2.05) is 24.3 Å². The molecule has 2 aromatic carbocycles. The van der Waals surface area contributed by atoms with Crippen LogP contribution in [0.5, 0.6) is 0 Å². The van der Waals surface area contributed by atoms with Crippen LogP contribution in [-0.4, -0.2) is 66.3 Å². The van der Waals surface area contributed by atoms with E-state index in [4.69, 9.17) is 20.8 Å². The third-order valence-corrected chi connectivity index (χ3v) is 6.47. The fraction of sp³-hybridized carbons (Fsp3) is 0.231. The van der Waals surface area contributed by atoms with E-state index in [-0.39, 0.29) is 29.1 Å². The van der Waals surface area contributed by atoms with E-state index in [1.54, 1.807) is 17.0 Å². The number of furan rings is 1. The third-order valence-electron chi connectivity index (χ3n) is 6.23. The van der Waals surface area contributed by atoms with Crippen LogP contribution >= 0.6 is 11.6 Å². The van der Waals surface area contributed by atoms with Crippen LogP contribution in [0.4, 0.5) is 5.69 Å². The number of nitrogens with zero attached hydrogens (tertiary/aromatic N) is 3. The summed E-state index contributed by atoms with van der Waals surface area (Å²) in [4.78, 5) is 55.4. The van der Waals surface area contributed by atoms with Gasteiger partial charge in [0.1, 0.15) is 5.76 Å². The van der Waals surface area contributed by atoms with Gasteiger partial charge in [-0.2, -0.15) is 0 Å². The highest BCUT2D eigenvalue weighted by molar-refractivity contribution is 6.30. The molecule has 0 N–H and O–H groups in total. The zero-order valence-corrected chi connectivity index (χ0v) is 19.9. The van der Waals surface area contributed by atoms with Crippen LogP contribution in [0.3, 0.4) is 0 Å². The minimum absolute atomic E-state index is 0.00178. The quantitative estimate of drug-likeness (QED) is 0.373. The van der Waals surface area contributed by atoms with Crippen molar-refractivity contribution >= 4 is 41.0 Å². The molecule has 0 unspecified atom stereocenters. The molecular formula is C26H22ClN3O6. The number of benzene rings is 2. The number of imide groups is 1. The highest BCUT2D eigenvalue weighted by atomic mass is 35.5. The largest absolute Gasteiger partial charge is 0.467 e. The third kappa shape index (κ3) is 4.70. The lowest BCUT2D eigenvalue weighted by molar-refractivity contribution is -0.134. The second-order valence-electron chi connectivity index (χ2n) is 8.46. The molecule has 1 aromatic heterocycles. The average Bonchev–Trinajstić information content (AvgIpc) is 3.50. The van der Waals surface area contributed by atoms with Crippen molar-refractivity contribution in [3.8, 4) is 0 Å². The summed E-state index contributed by atoms with van der Waals surface area (Å²) < 4.78 is 10.4.